The fourth-order valence-electron chi connectivity index (χ4n) is 1.92. The van der Waals surface area contributed by atoms with Crippen molar-refractivity contribution in [2.24, 2.45) is 5.73 Å². The normalized spacial score (nSPS) is 10.5. The third-order valence-electron chi connectivity index (χ3n) is 2.91. The first-order chi connectivity index (χ1) is 9.69. The number of benzene rings is 1. The Morgan fingerprint density at radius 3 is 3.05 bits per heavy atom. The van der Waals surface area contributed by atoms with Gasteiger partial charge in [-0.1, -0.05) is 35.0 Å². The van der Waals surface area contributed by atoms with Gasteiger partial charge in [-0.3, -0.25) is 9.48 Å². The average molecular weight is 273 g/mol. The summed E-state index contributed by atoms with van der Waals surface area (Å²) in [5, 5.41) is 10.5. The highest BCUT2D eigenvalue weighted by Crippen LogP contribution is 2.04. The summed E-state index contributed by atoms with van der Waals surface area (Å²) in [5.74, 6) is -0.207. The number of aromatic nitrogens is 3. The van der Waals surface area contributed by atoms with Gasteiger partial charge in [-0.25, -0.2) is 0 Å². The van der Waals surface area contributed by atoms with Gasteiger partial charge in [0, 0.05) is 13.1 Å². The summed E-state index contributed by atoms with van der Waals surface area (Å²) in [6, 6.07) is 8.24. The van der Waals surface area contributed by atoms with Crippen molar-refractivity contribution in [3.63, 3.8) is 0 Å². The zero-order chi connectivity index (χ0) is 14.4. The lowest BCUT2D eigenvalue weighted by molar-refractivity contribution is 0.0949. The molecule has 0 unspecified atom stereocenters. The minimum Gasteiger partial charge on any atom is -0.350 e. The molecule has 0 spiro atoms. The fourth-order valence-corrected chi connectivity index (χ4v) is 1.92. The van der Waals surface area contributed by atoms with E-state index in [-0.39, 0.29) is 5.91 Å². The molecule has 0 aliphatic carbocycles. The summed E-state index contributed by atoms with van der Waals surface area (Å²) in [6.07, 6.45) is 2.40. The maximum atomic E-state index is 11.9. The zero-order valence-electron chi connectivity index (χ0n) is 11.5. The first kappa shape index (κ1) is 14.2. The quantitative estimate of drug-likeness (QED) is 0.803. The van der Waals surface area contributed by atoms with Crippen LogP contribution < -0.4 is 11.1 Å². The molecule has 0 saturated carbocycles. The van der Waals surface area contributed by atoms with Crippen molar-refractivity contribution in [3.8, 4) is 0 Å². The van der Waals surface area contributed by atoms with Gasteiger partial charge in [-0.15, -0.1) is 5.10 Å². The second-order valence-corrected chi connectivity index (χ2v) is 4.65. The van der Waals surface area contributed by atoms with Crippen molar-refractivity contribution in [1.82, 2.24) is 20.3 Å². The van der Waals surface area contributed by atoms with Gasteiger partial charge < -0.3 is 11.1 Å². The van der Waals surface area contributed by atoms with E-state index in [2.05, 4.69) is 40.8 Å². The molecule has 6 heteroatoms. The van der Waals surface area contributed by atoms with Gasteiger partial charge in [0.05, 0.1) is 12.7 Å². The molecule has 1 heterocycles. The van der Waals surface area contributed by atoms with Crippen LogP contribution in [0.2, 0.25) is 0 Å². The molecule has 0 bridgehead atoms. The Morgan fingerprint density at radius 2 is 2.30 bits per heavy atom. The molecule has 20 heavy (non-hydrogen) atoms. The second kappa shape index (κ2) is 6.81. The molecule has 6 nitrogen and oxygen atoms in total. The molecule has 1 aromatic heterocycles. The third-order valence-corrected chi connectivity index (χ3v) is 2.91. The molecule has 2 aromatic rings. The van der Waals surface area contributed by atoms with E-state index >= 15 is 0 Å². The fraction of sp³-hybridized carbons (Fsp3) is 0.357. The second-order valence-electron chi connectivity index (χ2n) is 4.65. The molecule has 2 rings (SSSR count). The van der Waals surface area contributed by atoms with E-state index in [1.54, 1.807) is 10.9 Å². The summed E-state index contributed by atoms with van der Waals surface area (Å²) in [5.41, 5.74) is 8.16. The first-order valence-corrected chi connectivity index (χ1v) is 6.63. The van der Waals surface area contributed by atoms with Crippen molar-refractivity contribution >= 4 is 5.91 Å². The van der Waals surface area contributed by atoms with Crippen molar-refractivity contribution in [1.29, 1.82) is 0 Å². The van der Waals surface area contributed by atoms with Gasteiger partial charge in [0.25, 0.3) is 5.91 Å². The van der Waals surface area contributed by atoms with Gasteiger partial charge >= 0.3 is 0 Å². The van der Waals surface area contributed by atoms with Crippen molar-refractivity contribution in [2.45, 2.75) is 19.9 Å². The maximum absolute atomic E-state index is 11.9. The predicted octanol–water partition coefficient (Wildman–Crippen LogP) is 0.518. The van der Waals surface area contributed by atoms with Crippen LogP contribution in [-0.4, -0.2) is 34.0 Å². The summed E-state index contributed by atoms with van der Waals surface area (Å²) >= 11 is 0. The first-order valence-electron chi connectivity index (χ1n) is 6.63. The SMILES string of the molecule is Cc1cccc(CCNC(=O)c2cn(CCN)nn2)c1. The van der Waals surface area contributed by atoms with Crippen LogP contribution in [0, 0.1) is 6.92 Å². The van der Waals surface area contributed by atoms with Gasteiger partial charge in [0.15, 0.2) is 5.69 Å². The van der Waals surface area contributed by atoms with E-state index in [1.807, 2.05) is 6.07 Å². The molecule has 0 atom stereocenters. The monoisotopic (exact) mass is 273 g/mol. The van der Waals surface area contributed by atoms with Crippen LogP contribution in [-0.2, 0) is 13.0 Å². The van der Waals surface area contributed by atoms with Crippen molar-refractivity contribution < 1.29 is 4.79 Å². The Labute approximate surface area is 118 Å². The number of hydrogen-bond acceptors (Lipinski definition) is 4. The largest absolute Gasteiger partial charge is 0.350 e. The third kappa shape index (κ3) is 3.89. The van der Waals surface area contributed by atoms with Crippen LogP contribution in [0.1, 0.15) is 21.6 Å². The lowest BCUT2D eigenvalue weighted by atomic mass is 10.1. The smallest absolute Gasteiger partial charge is 0.273 e. The number of nitrogens with zero attached hydrogens (tertiary/aromatic N) is 3. The number of nitrogens with one attached hydrogen (secondary N) is 1. The molecular weight excluding hydrogens is 254 g/mol. The lowest BCUT2D eigenvalue weighted by Gasteiger charge is -2.04. The van der Waals surface area contributed by atoms with Gasteiger partial charge in [0.1, 0.15) is 0 Å². The number of carbonyl (C=O) groups is 1. The molecule has 0 aliphatic rings. The number of carbonyl (C=O) groups excluding carboxylic acids is 1. The molecule has 0 aliphatic heterocycles. The Balaban J connectivity index is 1.82. The van der Waals surface area contributed by atoms with Crippen LogP contribution in [0.3, 0.4) is 0 Å². The maximum Gasteiger partial charge on any atom is 0.273 e. The number of amides is 1. The Hall–Kier alpha value is -2.21. The Morgan fingerprint density at radius 1 is 1.45 bits per heavy atom. The molecule has 3 N–H and O–H groups in total. The van der Waals surface area contributed by atoms with E-state index in [1.165, 1.54) is 11.1 Å². The zero-order valence-corrected chi connectivity index (χ0v) is 11.5. The van der Waals surface area contributed by atoms with Crippen molar-refractivity contribution in [2.75, 3.05) is 13.1 Å². The highest BCUT2D eigenvalue weighted by Gasteiger charge is 2.09. The molecule has 0 saturated heterocycles. The number of nitrogens with two attached hydrogens (primary N) is 1. The number of hydrogen-bond donors (Lipinski definition) is 2. The highest BCUT2D eigenvalue weighted by molar-refractivity contribution is 5.91. The van der Waals surface area contributed by atoms with E-state index in [0.717, 1.165) is 6.42 Å². The number of aryl methyl sites for hydroxylation is 1. The van der Waals surface area contributed by atoms with Crippen LogP contribution in [0.5, 0.6) is 0 Å². The van der Waals surface area contributed by atoms with E-state index < -0.39 is 0 Å². The minimum absolute atomic E-state index is 0.207. The summed E-state index contributed by atoms with van der Waals surface area (Å²) < 4.78 is 1.56. The molecular formula is C14H19N5O. The molecule has 106 valence electrons. The van der Waals surface area contributed by atoms with E-state index in [0.29, 0.717) is 25.3 Å². The lowest BCUT2D eigenvalue weighted by Crippen LogP contribution is -2.26. The Bertz CT molecular complexity index is 578. The molecule has 1 amide bonds. The molecule has 1 aromatic carbocycles. The van der Waals surface area contributed by atoms with E-state index in [4.69, 9.17) is 5.73 Å². The van der Waals surface area contributed by atoms with Gasteiger partial charge in [0.2, 0.25) is 0 Å². The summed E-state index contributed by atoms with van der Waals surface area (Å²) in [4.78, 5) is 11.9. The number of rotatable bonds is 6. The van der Waals surface area contributed by atoms with Gasteiger partial charge in [-0.2, -0.15) is 0 Å². The minimum atomic E-state index is -0.207. The summed E-state index contributed by atoms with van der Waals surface area (Å²) in [7, 11) is 0. The highest BCUT2D eigenvalue weighted by atomic mass is 16.2. The topological polar surface area (TPSA) is 85.8 Å². The standard InChI is InChI=1S/C14H19N5O/c1-11-3-2-4-12(9-11)5-7-16-14(20)13-10-19(8-6-15)18-17-13/h2-4,9-10H,5-8,15H2,1H3,(H,16,20). The average Bonchev–Trinajstić information content (AvgIpc) is 2.88. The van der Waals surface area contributed by atoms with Crippen LogP contribution >= 0.6 is 0 Å². The summed E-state index contributed by atoms with van der Waals surface area (Å²) in [6.45, 7) is 3.66. The molecule has 0 radical (unpaired) electrons. The van der Waals surface area contributed by atoms with Crippen LogP contribution in [0.25, 0.3) is 0 Å². The van der Waals surface area contributed by atoms with Crippen LogP contribution in [0.15, 0.2) is 30.5 Å². The predicted molar refractivity (Wildman–Crippen MR) is 76.3 cm³/mol. The van der Waals surface area contributed by atoms with Crippen molar-refractivity contribution in [3.05, 3.63) is 47.3 Å². The van der Waals surface area contributed by atoms with Crippen LogP contribution in [0.4, 0.5) is 0 Å². The van der Waals surface area contributed by atoms with Gasteiger partial charge in [-0.05, 0) is 18.9 Å². The Kier molecular flexibility index (Phi) is 4.84. The molecule has 0 fully saturated rings. The van der Waals surface area contributed by atoms with E-state index in [9.17, 15) is 4.79 Å².